The molecule has 2 fully saturated rings. The van der Waals surface area contributed by atoms with E-state index in [1.165, 1.54) is 18.2 Å². The maximum atomic E-state index is 13.5. The van der Waals surface area contributed by atoms with Crippen molar-refractivity contribution < 1.29 is 14.3 Å². The molecule has 0 bridgehead atoms. The Morgan fingerprint density at radius 1 is 1.21 bits per heavy atom. The second-order valence-electron chi connectivity index (χ2n) is 8.77. The molecule has 0 radical (unpaired) electrons. The summed E-state index contributed by atoms with van der Waals surface area (Å²) in [5.74, 6) is 1.59. The predicted octanol–water partition coefficient (Wildman–Crippen LogP) is 4.53. The van der Waals surface area contributed by atoms with Crippen LogP contribution in [0.15, 0.2) is 18.2 Å². The van der Waals surface area contributed by atoms with E-state index in [0.29, 0.717) is 23.2 Å². The van der Waals surface area contributed by atoms with Crippen LogP contribution in [0.5, 0.6) is 0 Å². The van der Waals surface area contributed by atoms with Crippen molar-refractivity contribution in [2.45, 2.75) is 63.5 Å². The predicted molar refractivity (Wildman–Crippen MR) is 109 cm³/mol. The zero-order valence-corrected chi connectivity index (χ0v) is 17.0. The average molecular weight is 418 g/mol. The number of hydrogen-bond donors (Lipinski definition) is 2. The van der Waals surface area contributed by atoms with Gasteiger partial charge in [0.05, 0.1) is 16.8 Å². The van der Waals surface area contributed by atoms with Gasteiger partial charge in [0.15, 0.2) is 0 Å². The monoisotopic (exact) mass is 417 g/mol. The fourth-order valence-electron chi connectivity index (χ4n) is 5.60. The highest BCUT2D eigenvalue weighted by molar-refractivity contribution is 6.31. The van der Waals surface area contributed by atoms with Crippen LogP contribution < -0.4 is 5.32 Å². The number of amides is 1. The largest absolute Gasteiger partial charge is 0.393 e. The number of aliphatic hydroxyl groups excluding tert-OH is 1. The number of hydrogen-bond acceptors (Lipinski definition) is 3. The van der Waals surface area contributed by atoms with Crippen molar-refractivity contribution in [2.75, 3.05) is 5.32 Å². The van der Waals surface area contributed by atoms with Crippen molar-refractivity contribution >= 4 is 23.2 Å². The summed E-state index contributed by atoms with van der Waals surface area (Å²) in [6, 6.07) is 4.21. The molecule has 29 heavy (non-hydrogen) atoms. The van der Waals surface area contributed by atoms with Crippen molar-refractivity contribution in [3.05, 3.63) is 46.3 Å². The molecular formula is C22H25ClFN3O2. The molecule has 2 saturated carbocycles. The zero-order chi connectivity index (χ0) is 20.1. The number of nitrogens with zero attached hydrogens (tertiary/aromatic N) is 2. The van der Waals surface area contributed by atoms with Crippen LogP contribution in [0.1, 0.15) is 66.4 Å². The first-order valence-corrected chi connectivity index (χ1v) is 10.9. The van der Waals surface area contributed by atoms with E-state index < -0.39 is 5.82 Å². The molecule has 1 aliphatic heterocycles. The molecule has 5 nitrogen and oxygen atoms in total. The van der Waals surface area contributed by atoms with Crippen molar-refractivity contribution in [3.63, 3.8) is 0 Å². The van der Waals surface area contributed by atoms with Gasteiger partial charge in [-0.3, -0.25) is 4.79 Å². The fourth-order valence-corrected chi connectivity index (χ4v) is 5.78. The van der Waals surface area contributed by atoms with E-state index in [1.807, 2.05) is 0 Å². The molecule has 5 rings (SSSR count). The SMILES string of the molecule is O=C(Nc1ccc(F)c(Cl)c1)c1c(C2CC3CC(O)CC3C2)nc2n1CCCC2. The molecule has 2 unspecified atom stereocenters. The second kappa shape index (κ2) is 7.40. The first kappa shape index (κ1) is 19.1. The van der Waals surface area contributed by atoms with Crippen molar-refractivity contribution in [1.29, 1.82) is 0 Å². The number of aromatic nitrogens is 2. The summed E-state index contributed by atoms with van der Waals surface area (Å²) >= 11 is 5.87. The lowest BCUT2D eigenvalue weighted by Gasteiger charge is -2.17. The Bertz CT molecular complexity index is 946. The summed E-state index contributed by atoms with van der Waals surface area (Å²) in [6.07, 6.45) is 6.55. The number of carbonyl (C=O) groups excluding carboxylic acids is 1. The number of halogens is 2. The van der Waals surface area contributed by atoms with Gasteiger partial charge in [-0.15, -0.1) is 0 Å². The lowest BCUT2D eigenvalue weighted by molar-refractivity contribution is 0.101. The standard InChI is InChI=1S/C22H25ClFN3O2/c23-17-11-15(4-5-18(17)24)25-22(29)21-20(26-19-3-1-2-6-27(19)21)14-7-12-9-16(28)10-13(12)8-14/h4-5,11-14,16,28H,1-3,6-10H2,(H,25,29). The molecule has 7 heteroatoms. The van der Waals surface area contributed by atoms with Gasteiger partial charge in [0.1, 0.15) is 17.3 Å². The Labute approximate surface area is 174 Å². The van der Waals surface area contributed by atoms with Crippen LogP contribution >= 0.6 is 11.6 Å². The third-order valence-electron chi connectivity index (χ3n) is 6.88. The summed E-state index contributed by atoms with van der Waals surface area (Å²) in [4.78, 5) is 18.2. The summed E-state index contributed by atoms with van der Waals surface area (Å²) in [5.41, 5.74) is 2.02. The average Bonchev–Trinajstić information content (AvgIpc) is 3.34. The molecule has 2 heterocycles. The van der Waals surface area contributed by atoms with Crippen molar-refractivity contribution in [2.24, 2.45) is 11.8 Å². The van der Waals surface area contributed by atoms with Crippen LogP contribution in [0, 0.1) is 17.7 Å². The fraction of sp³-hybridized carbons (Fsp3) is 0.545. The van der Waals surface area contributed by atoms with E-state index in [4.69, 9.17) is 16.6 Å². The van der Waals surface area contributed by atoms with Crippen LogP contribution in [-0.2, 0) is 13.0 Å². The van der Waals surface area contributed by atoms with Gasteiger partial charge in [-0.2, -0.15) is 0 Å². The Balaban J connectivity index is 1.46. The third kappa shape index (κ3) is 3.46. The van der Waals surface area contributed by atoms with E-state index in [2.05, 4.69) is 9.88 Å². The molecule has 2 aliphatic carbocycles. The zero-order valence-electron chi connectivity index (χ0n) is 16.2. The van der Waals surface area contributed by atoms with Gasteiger partial charge in [-0.25, -0.2) is 9.37 Å². The number of rotatable bonds is 3. The first-order valence-electron chi connectivity index (χ1n) is 10.5. The summed E-state index contributed by atoms with van der Waals surface area (Å²) in [7, 11) is 0. The topological polar surface area (TPSA) is 67.2 Å². The minimum absolute atomic E-state index is 0.0134. The Kier molecular flexibility index (Phi) is 4.87. The van der Waals surface area contributed by atoms with Crippen LogP contribution in [0.4, 0.5) is 10.1 Å². The van der Waals surface area contributed by atoms with Gasteiger partial charge in [-0.1, -0.05) is 11.6 Å². The Morgan fingerprint density at radius 2 is 1.97 bits per heavy atom. The van der Waals surface area contributed by atoms with E-state index in [9.17, 15) is 14.3 Å². The van der Waals surface area contributed by atoms with Crippen molar-refractivity contribution in [1.82, 2.24) is 9.55 Å². The molecule has 3 aliphatic rings. The molecule has 1 aromatic carbocycles. The highest BCUT2D eigenvalue weighted by atomic mass is 35.5. The van der Waals surface area contributed by atoms with Gasteiger partial charge in [0, 0.05) is 24.6 Å². The van der Waals surface area contributed by atoms with E-state index >= 15 is 0 Å². The van der Waals surface area contributed by atoms with Crippen LogP contribution in [0.2, 0.25) is 5.02 Å². The number of benzene rings is 1. The summed E-state index contributed by atoms with van der Waals surface area (Å²) in [6.45, 7) is 0.799. The number of aryl methyl sites for hydroxylation is 1. The van der Waals surface area contributed by atoms with Crippen LogP contribution in [-0.4, -0.2) is 26.7 Å². The summed E-state index contributed by atoms with van der Waals surface area (Å²) in [5, 5.41) is 12.8. The van der Waals surface area contributed by atoms with Gasteiger partial charge in [0.25, 0.3) is 5.91 Å². The Hall–Kier alpha value is -1.92. The molecule has 154 valence electrons. The number of fused-ring (bicyclic) bond motifs is 2. The molecule has 2 atom stereocenters. The lowest BCUT2D eigenvalue weighted by Crippen LogP contribution is -2.22. The van der Waals surface area contributed by atoms with Crippen molar-refractivity contribution in [3.8, 4) is 0 Å². The highest BCUT2D eigenvalue weighted by Gasteiger charge is 2.44. The minimum atomic E-state index is -0.508. The number of imidazole rings is 1. The molecule has 1 aromatic heterocycles. The van der Waals surface area contributed by atoms with Gasteiger partial charge < -0.3 is 15.0 Å². The van der Waals surface area contributed by atoms with E-state index in [0.717, 1.165) is 63.0 Å². The number of aliphatic hydroxyl groups is 1. The summed E-state index contributed by atoms with van der Waals surface area (Å²) < 4.78 is 15.5. The van der Waals surface area contributed by atoms with Gasteiger partial charge in [-0.05, 0) is 68.6 Å². The smallest absolute Gasteiger partial charge is 0.274 e. The molecule has 0 saturated heterocycles. The lowest BCUT2D eigenvalue weighted by atomic mass is 9.97. The molecule has 1 amide bonds. The number of anilines is 1. The third-order valence-corrected chi connectivity index (χ3v) is 7.17. The molecule has 0 spiro atoms. The maximum absolute atomic E-state index is 13.5. The molecule has 2 aromatic rings. The first-order chi connectivity index (χ1) is 14.0. The molecular weight excluding hydrogens is 393 g/mol. The van der Waals surface area contributed by atoms with Crippen LogP contribution in [0.25, 0.3) is 0 Å². The quantitative estimate of drug-likeness (QED) is 0.771. The maximum Gasteiger partial charge on any atom is 0.274 e. The van der Waals surface area contributed by atoms with E-state index in [-0.39, 0.29) is 23.0 Å². The van der Waals surface area contributed by atoms with Gasteiger partial charge in [0.2, 0.25) is 0 Å². The second-order valence-corrected chi connectivity index (χ2v) is 9.17. The van der Waals surface area contributed by atoms with Crippen LogP contribution in [0.3, 0.4) is 0 Å². The highest BCUT2D eigenvalue weighted by Crippen LogP contribution is 2.51. The normalized spacial score (nSPS) is 28.2. The minimum Gasteiger partial charge on any atom is -0.393 e. The number of nitrogens with one attached hydrogen (secondary N) is 1. The molecule has 2 N–H and O–H groups in total. The Morgan fingerprint density at radius 3 is 2.69 bits per heavy atom. The van der Waals surface area contributed by atoms with Gasteiger partial charge >= 0.3 is 0 Å². The van der Waals surface area contributed by atoms with E-state index in [1.54, 1.807) is 0 Å². The number of carbonyl (C=O) groups is 1.